The largest absolute Gasteiger partial charge is 0.492 e. The lowest BCUT2D eigenvalue weighted by Crippen LogP contribution is -2.25. The standard InChI is InChI=1S/C19H27N3O5S/c23-16(10-13-28-14-15-6-3-5-11-20-15)21-12-4-1-2-7-19(26)27-22-17(24)8-9-18(22)25/h3,5,8-9,11,15,24-25H,1-2,4,6-7,10,12-14H2,(H,21,23). The van der Waals surface area contributed by atoms with Crippen LogP contribution in [0.3, 0.4) is 0 Å². The van der Waals surface area contributed by atoms with E-state index in [1.807, 2.05) is 12.3 Å². The minimum Gasteiger partial charge on any atom is -0.492 e. The summed E-state index contributed by atoms with van der Waals surface area (Å²) in [7, 11) is 0. The number of nitrogens with zero attached hydrogens (tertiary/aromatic N) is 2. The normalized spacial score (nSPS) is 15.5. The van der Waals surface area contributed by atoms with Gasteiger partial charge in [-0.25, -0.2) is 4.79 Å². The second-order valence-corrected chi connectivity index (χ2v) is 7.56. The number of aromatic hydroxyl groups is 2. The lowest BCUT2D eigenvalue weighted by molar-refractivity contribution is -0.145. The molecule has 3 N–H and O–H groups in total. The lowest BCUT2D eigenvalue weighted by atomic mass is 10.2. The van der Waals surface area contributed by atoms with Gasteiger partial charge < -0.3 is 20.4 Å². The second kappa shape index (κ2) is 12.1. The second-order valence-electron chi connectivity index (χ2n) is 6.41. The average Bonchev–Trinajstić information content (AvgIpc) is 3.00. The number of carbonyl (C=O) groups is 2. The Morgan fingerprint density at radius 2 is 2.00 bits per heavy atom. The highest BCUT2D eigenvalue weighted by atomic mass is 32.2. The van der Waals surface area contributed by atoms with Crippen molar-refractivity contribution in [2.75, 3.05) is 18.1 Å². The maximum atomic E-state index is 11.8. The first kappa shape index (κ1) is 21.9. The molecule has 1 atom stereocenters. The van der Waals surface area contributed by atoms with Crippen LogP contribution in [0.2, 0.25) is 0 Å². The van der Waals surface area contributed by atoms with E-state index in [1.54, 1.807) is 11.8 Å². The lowest BCUT2D eigenvalue weighted by Gasteiger charge is -2.11. The smallest absolute Gasteiger partial charge is 0.333 e. The third-order valence-electron chi connectivity index (χ3n) is 4.08. The molecular formula is C19H27N3O5S. The summed E-state index contributed by atoms with van der Waals surface area (Å²) in [6.07, 6.45) is 9.66. The third kappa shape index (κ3) is 8.08. The molecule has 0 aromatic carbocycles. The summed E-state index contributed by atoms with van der Waals surface area (Å²) in [5, 5.41) is 21.7. The number of nitrogens with one attached hydrogen (secondary N) is 1. The molecule has 9 heteroatoms. The molecule has 8 nitrogen and oxygen atoms in total. The summed E-state index contributed by atoms with van der Waals surface area (Å²) in [5.74, 6) is 0.540. The van der Waals surface area contributed by atoms with Gasteiger partial charge >= 0.3 is 5.97 Å². The van der Waals surface area contributed by atoms with Crippen LogP contribution >= 0.6 is 11.8 Å². The van der Waals surface area contributed by atoms with Crippen LogP contribution < -0.4 is 10.2 Å². The van der Waals surface area contributed by atoms with Crippen LogP contribution in [-0.4, -0.2) is 57.1 Å². The maximum absolute atomic E-state index is 11.8. The zero-order chi connectivity index (χ0) is 20.2. The molecule has 1 aromatic rings. The number of thioether (sulfide) groups is 1. The van der Waals surface area contributed by atoms with E-state index in [1.165, 1.54) is 12.1 Å². The first-order chi connectivity index (χ1) is 13.6. The molecule has 1 aliphatic heterocycles. The third-order valence-corrected chi connectivity index (χ3v) is 5.19. The van der Waals surface area contributed by atoms with Gasteiger partial charge in [0.1, 0.15) is 0 Å². The van der Waals surface area contributed by atoms with Crippen LogP contribution in [0, 0.1) is 0 Å². The van der Waals surface area contributed by atoms with Crippen LogP contribution in [0.25, 0.3) is 0 Å². The van der Waals surface area contributed by atoms with Crippen molar-refractivity contribution in [3.05, 3.63) is 24.3 Å². The number of unbranched alkanes of at least 4 members (excludes halogenated alkanes) is 2. The van der Waals surface area contributed by atoms with Crippen molar-refractivity contribution in [2.24, 2.45) is 4.99 Å². The molecule has 1 aromatic heterocycles. The van der Waals surface area contributed by atoms with E-state index in [4.69, 9.17) is 4.84 Å². The average molecular weight is 410 g/mol. The Morgan fingerprint density at radius 3 is 2.71 bits per heavy atom. The van der Waals surface area contributed by atoms with Gasteiger partial charge in [-0.3, -0.25) is 9.79 Å². The van der Waals surface area contributed by atoms with Gasteiger partial charge in [0.15, 0.2) is 0 Å². The number of hydrogen-bond acceptors (Lipinski definition) is 7. The van der Waals surface area contributed by atoms with Crippen molar-refractivity contribution in [2.45, 2.75) is 44.6 Å². The summed E-state index contributed by atoms with van der Waals surface area (Å²) >= 11 is 1.74. The van der Waals surface area contributed by atoms with Crippen molar-refractivity contribution in [1.29, 1.82) is 0 Å². The molecule has 1 unspecified atom stereocenters. The molecule has 0 bridgehead atoms. The van der Waals surface area contributed by atoms with Crippen molar-refractivity contribution in [1.82, 2.24) is 10.0 Å². The van der Waals surface area contributed by atoms with Gasteiger partial charge in [-0.2, -0.15) is 11.8 Å². The predicted molar refractivity (Wildman–Crippen MR) is 109 cm³/mol. The van der Waals surface area contributed by atoms with Gasteiger partial charge in [-0.05, 0) is 25.3 Å². The van der Waals surface area contributed by atoms with Gasteiger partial charge in [0.25, 0.3) is 0 Å². The van der Waals surface area contributed by atoms with Crippen LogP contribution in [0.1, 0.15) is 38.5 Å². The van der Waals surface area contributed by atoms with Crippen LogP contribution in [-0.2, 0) is 9.59 Å². The highest BCUT2D eigenvalue weighted by molar-refractivity contribution is 7.99. The molecule has 2 rings (SSSR count). The molecule has 0 fully saturated rings. The summed E-state index contributed by atoms with van der Waals surface area (Å²) in [6, 6.07) is 2.78. The van der Waals surface area contributed by atoms with Crippen LogP contribution in [0.4, 0.5) is 0 Å². The van der Waals surface area contributed by atoms with E-state index in [-0.39, 0.29) is 24.1 Å². The Balaban J connectivity index is 1.43. The van der Waals surface area contributed by atoms with E-state index in [0.717, 1.165) is 30.8 Å². The fourth-order valence-corrected chi connectivity index (χ4v) is 3.54. The summed E-state index contributed by atoms with van der Waals surface area (Å²) in [6.45, 7) is 0.579. The fraction of sp³-hybridized carbons (Fsp3) is 0.526. The minimum atomic E-state index is -0.541. The van der Waals surface area contributed by atoms with E-state index >= 15 is 0 Å². The molecule has 0 radical (unpaired) electrons. The number of aliphatic imine (C=N–C) groups is 1. The van der Waals surface area contributed by atoms with E-state index in [9.17, 15) is 19.8 Å². The number of allylic oxidation sites excluding steroid dienone is 1. The molecule has 28 heavy (non-hydrogen) atoms. The van der Waals surface area contributed by atoms with Gasteiger partial charge in [-0.1, -0.05) is 12.5 Å². The Kier molecular flexibility index (Phi) is 9.47. The fourth-order valence-electron chi connectivity index (χ4n) is 2.55. The molecule has 2 heterocycles. The van der Waals surface area contributed by atoms with E-state index < -0.39 is 5.97 Å². The SMILES string of the molecule is O=C(CCSCC1CC=CC=N1)NCCCCCC(=O)On1c(O)ccc1O. The first-order valence-corrected chi connectivity index (χ1v) is 10.6. The Labute approximate surface area is 168 Å². The molecule has 0 spiro atoms. The van der Waals surface area contributed by atoms with Gasteiger partial charge in [0.2, 0.25) is 17.7 Å². The highest BCUT2D eigenvalue weighted by Crippen LogP contribution is 2.19. The zero-order valence-electron chi connectivity index (χ0n) is 15.7. The highest BCUT2D eigenvalue weighted by Gasteiger charge is 2.12. The number of hydrogen-bond donors (Lipinski definition) is 3. The van der Waals surface area contributed by atoms with Crippen molar-refractivity contribution in [3.8, 4) is 11.8 Å². The summed E-state index contributed by atoms with van der Waals surface area (Å²) < 4.78 is 0.678. The molecule has 154 valence electrons. The topological polar surface area (TPSA) is 113 Å². The number of amides is 1. The molecule has 1 amide bonds. The predicted octanol–water partition coefficient (Wildman–Crippen LogP) is 2.05. The molecule has 0 saturated carbocycles. The molecule has 0 saturated heterocycles. The summed E-state index contributed by atoms with van der Waals surface area (Å²) in [5.41, 5.74) is 0. The molecule has 1 aliphatic rings. The Morgan fingerprint density at radius 1 is 1.21 bits per heavy atom. The number of aromatic nitrogens is 1. The minimum absolute atomic E-state index is 0.0394. The molecular weight excluding hydrogens is 382 g/mol. The number of carbonyl (C=O) groups excluding carboxylic acids is 2. The monoisotopic (exact) mass is 409 g/mol. The quantitative estimate of drug-likeness (QED) is 0.456. The van der Waals surface area contributed by atoms with Gasteiger partial charge in [0, 0.05) is 49.2 Å². The van der Waals surface area contributed by atoms with E-state index in [2.05, 4.69) is 16.4 Å². The number of rotatable bonds is 12. The maximum Gasteiger partial charge on any atom is 0.333 e. The first-order valence-electron chi connectivity index (χ1n) is 9.40. The zero-order valence-corrected chi connectivity index (χ0v) is 16.6. The van der Waals surface area contributed by atoms with Crippen molar-refractivity contribution < 1.29 is 24.6 Å². The van der Waals surface area contributed by atoms with Crippen LogP contribution in [0.15, 0.2) is 29.3 Å². The van der Waals surface area contributed by atoms with Gasteiger partial charge in [0.05, 0.1) is 6.04 Å². The van der Waals surface area contributed by atoms with Crippen molar-refractivity contribution in [3.63, 3.8) is 0 Å². The summed E-state index contributed by atoms with van der Waals surface area (Å²) in [4.78, 5) is 32.7. The van der Waals surface area contributed by atoms with Crippen molar-refractivity contribution >= 4 is 29.9 Å². The number of dihydropyridines is 1. The van der Waals surface area contributed by atoms with Crippen LogP contribution in [0.5, 0.6) is 11.8 Å². The van der Waals surface area contributed by atoms with E-state index in [0.29, 0.717) is 30.2 Å². The Bertz CT molecular complexity index is 682. The Hall–Kier alpha value is -2.42. The molecule has 0 aliphatic carbocycles. The van der Waals surface area contributed by atoms with Gasteiger partial charge in [-0.15, -0.1) is 4.73 Å².